The Balaban J connectivity index is 1.45. The highest BCUT2D eigenvalue weighted by atomic mass is 32.2. The summed E-state index contributed by atoms with van der Waals surface area (Å²) < 4.78 is 36.6. The third-order valence-electron chi connectivity index (χ3n) is 6.34. The molecule has 3 N–H and O–H groups in total. The van der Waals surface area contributed by atoms with E-state index in [9.17, 15) is 13.5 Å². The maximum atomic E-state index is 13.4. The SMILES string of the molecule is COc1cc2c(cc1Nc1ccccc1S(=O)(=O)Nc1ccc3cncnn13)CCN(CCO)CC2. The van der Waals surface area contributed by atoms with E-state index < -0.39 is 10.0 Å². The van der Waals surface area contributed by atoms with Crippen molar-refractivity contribution in [2.45, 2.75) is 17.7 Å². The van der Waals surface area contributed by atoms with Gasteiger partial charge in [-0.3, -0.25) is 4.72 Å². The topological polar surface area (TPSA) is 121 Å². The number of benzene rings is 2. The first-order valence-corrected chi connectivity index (χ1v) is 13.2. The van der Waals surface area contributed by atoms with Crippen LogP contribution >= 0.6 is 0 Å². The van der Waals surface area contributed by atoms with Crippen LogP contribution in [-0.2, 0) is 22.9 Å². The first-order chi connectivity index (χ1) is 17.5. The molecule has 0 fully saturated rings. The summed E-state index contributed by atoms with van der Waals surface area (Å²) in [5.74, 6) is 0.955. The Labute approximate surface area is 209 Å². The Morgan fingerprint density at radius 2 is 1.83 bits per heavy atom. The van der Waals surface area contributed by atoms with Gasteiger partial charge in [-0.1, -0.05) is 12.1 Å². The van der Waals surface area contributed by atoms with Gasteiger partial charge in [-0.25, -0.2) is 17.9 Å². The molecule has 0 radical (unpaired) electrons. The van der Waals surface area contributed by atoms with E-state index in [2.05, 4.69) is 25.0 Å². The molecule has 10 nitrogen and oxygen atoms in total. The first-order valence-electron chi connectivity index (χ1n) is 11.7. The van der Waals surface area contributed by atoms with Gasteiger partial charge in [-0.15, -0.1) is 0 Å². The summed E-state index contributed by atoms with van der Waals surface area (Å²) in [4.78, 5) is 6.30. The minimum absolute atomic E-state index is 0.0973. The Bertz CT molecular complexity index is 1490. The van der Waals surface area contributed by atoms with E-state index in [4.69, 9.17) is 4.74 Å². The zero-order chi connectivity index (χ0) is 25.1. The molecule has 2 aromatic carbocycles. The van der Waals surface area contributed by atoms with E-state index in [-0.39, 0.29) is 11.5 Å². The molecule has 36 heavy (non-hydrogen) atoms. The number of ether oxygens (including phenoxy) is 1. The highest BCUT2D eigenvalue weighted by Crippen LogP contribution is 2.35. The number of β-amino-alcohol motifs (C(OH)–C–C–N with tert-alkyl or cyclic N) is 1. The number of fused-ring (bicyclic) bond motifs is 2. The van der Waals surface area contributed by atoms with Gasteiger partial charge in [0.25, 0.3) is 10.0 Å². The number of para-hydroxylation sites is 1. The van der Waals surface area contributed by atoms with Crippen LogP contribution in [0.4, 0.5) is 17.2 Å². The summed E-state index contributed by atoms with van der Waals surface area (Å²) in [6.45, 7) is 2.51. The van der Waals surface area contributed by atoms with Gasteiger partial charge in [0.2, 0.25) is 0 Å². The standard InChI is InChI=1S/C25H28N6O4S/c1-35-23-15-19-9-11-30(12-13-32)10-8-18(19)14-22(23)28-21-4-2-3-5-24(21)36(33,34)29-25-7-6-20-16-26-17-27-31(20)25/h2-7,14-17,28-29,32H,8-13H2,1H3. The Hall–Kier alpha value is -3.67. The second kappa shape index (κ2) is 10.1. The van der Waals surface area contributed by atoms with Gasteiger partial charge in [-0.05, 0) is 60.4 Å². The lowest BCUT2D eigenvalue weighted by Crippen LogP contribution is -2.29. The summed E-state index contributed by atoms with van der Waals surface area (Å²) in [7, 11) is -2.34. The average molecular weight is 509 g/mol. The molecule has 0 bridgehead atoms. The Kier molecular flexibility index (Phi) is 6.77. The lowest BCUT2D eigenvalue weighted by atomic mass is 10.0. The number of rotatable bonds is 8. The van der Waals surface area contributed by atoms with Crippen LogP contribution in [0.25, 0.3) is 5.52 Å². The predicted molar refractivity (Wildman–Crippen MR) is 137 cm³/mol. The van der Waals surface area contributed by atoms with Crippen LogP contribution < -0.4 is 14.8 Å². The molecule has 0 aliphatic carbocycles. The van der Waals surface area contributed by atoms with Crippen LogP contribution in [0.1, 0.15) is 11.1 Å². The highest BCUT2D eigenvalue weighted by Gasteiger charge is 2.22. The number of hydrogen-bond acceptors (Lipinski definition) is 8. The summed E-state index contributed by atoms with van der Waals surface area (Å²) in [5, 5.41) is 16.7. The number of aromatic nitrogens is 3. The van der Waals surface area contributed by atoms with E-state index in [1.807, 2.05) is 12.1 Å². The molecule has 5 rings (SSSR count). The molecule has 4 aromatic rings. The number of methoxy groups -OCH3 is 1. The maximum absolute atomic E-state index is 13.4. The average Bonchev–Trinajstić information content (AvgIpc) is 3.17. The summed E-state index contributed by atoms with van der Waals surface area (Å²) in [6, 6.07) is 14.2. The minimum Gasteiger partial charge on any atom is -0.495 e. The highest BCUT2D eigenvalue weighted by molar-refractivity contribution is 7.92. The molecule has 0 spiro atoms. The van der Waals surface area contributed by atoms with Crippen molar-refractivity contribution in [1.82, 2.24) is 19.5 Å². The van der Waals surface area contributed by atoms with Crippen molar-refractivity contribution in [2.75, 3.05) is 43.4 Å². The molecule has 3 heterocycles. The van der Waals surface area contributed by atoms with Crippen molar-refractivity contribution in [1.29, 1.82) is 0 Å². The second-order valence-corrected chi connectivity index (χ2v) is 10.2. The predicted octanol–water partition coefficient (Wildman–Crippen LogP) is 2.68. The van der Waals surface area contributed by atoms with Crippen LogP contribution in [0.15, 0.2) is 66.0 Å². The summed E-state index contributed by atoms with van der Waals surface area (Å²) in [6.07, 6.45) is 4.65. The van der Waals surface area contributed by atoms with Gasteiger partial charge in [0, 0.05) is 19.6 Å². The molecule has 0 saturated carbocycles. The fourth-order valence-corrected chi connectivity index (χ4v) is 5.72. The van der Waals surface area contributed by atoms with E-state index in [0.29, 0.717) is 35.0 Å². The number of hydrogen-bond donors (Lipinski definition) is 3. The largest absolute Gasteiger partial charge is 0.495 e. The fraction of sp³-hybridized carbons (Fsp3) is 0.280. The van der Waals surface area contributed by atoms with E-state index in [1.165, 1.54) is 22.0 Å². The van der Waals surface area contributed by atoms with Crippen molar-refractivity contribution in [3.63, 3.8) is 0 Å². The van der Waals surface area contributed by atoms with Crippen LogP contribution in [-0.4, -0.2) is 66.4 Å². The third kappa shape index (κ3) is 4.85. The lowest BCUT2D eigenvalue weighted by molar-refractivity contribution is 0.201. The zero-order valence-electron chi connectivity index (χ0n) is 19.9. The Morgan fingerprint density at radius 3 is 2.61 bits per heavy atom. The number of nitrogens with zero attached hydrogens (tertiary/aromatic N) is 4. The third-order valence-corrected chi connectivity index (χ3v) is 7.76. The van der Waals surface area contributed by atoms with Gasteiger partial charge in [0.1, 0.15) is 22.8 Å². The van der Waals surface area contributed by atoms with Gasteiger partial charge in [-0.2, -0.15) is 5.10 Å². The zero-order valence-corrected chi connectivity index (χ0v) is 20.7. The molecule has 0 amide bonds. The Morgan fingerprint density at radius 1 is 1.06 bits per heavy atom. The molecule has 0 unspecified atom stereocenters. The van der Waals surface area contributed by atoms with Crippen LogP contribution in [0, 0.1) is 0 Å². The van der Waals surface area contributed by atoms with Gasteiger partial charge < -0.3 is 20.1 Å². The monoisotopic (exact) mass is 508 g/mol. The minimum atomic E-state index is -3.95. The summed E-state index contributed by atoms with van der Waals surface area (Å²) >= 11 is 0. The molecular formula is C25H28N6O4S. The van der Waals surface area contributed by atoms with Gasteiger partial charge in [0.05, 0.1) is 36.8 Å². The van der Waals surface area contributed by atoms with Crippen LogP contribution in [0.5, 0.6) is 5.75 Å². The van der Waals surface area contributed by atoms with E-state index >= 15 is 0 Å². The van der Waals surface area contributed by atoms with Crippen molar-refractivity contribution in [2.24, 2.45) is 0 Å². The molecule has 188 valence electrons. The maximum Gasteiger partial charge on any atom is 0.265 e. The number of nitrogens with one attached hydrogen (secondary N) is 2. The molecule has 2 aromatic heterocycles. The van der Waals surface area contributed by atoms with Gasteiger partial charge >= 0.3 is 0 Å². The number of anilines is 3. The second-order valence-electron chi connectivity index (χ2n) is 8.58. The van der Waals surface area contributed by atoms with Crippen molar-refractivity contribution >= 4 is 32.7 Å². The number of sulfonamides is 1. The van der Waals surface area contributed by atoms with Crippen molar-refractivity contribution < 1.29 is 18.3 Å². The molecule has 0 saturated heterocycles. The quantitative estimate of drug-likeness (QED) is 0.332. The fourth-order valence-electron chi connectivity index (χ4n) is 4.51. The van der Waals surface area contributed by atoms with Crippen LogP contribution in [0.3, 0.4) is 0 Å². The van der Waals surface area contributed by atoms with E-state index in [0.717, 1.165) is 25.9 Å². The van der Waals surface area contributed by atoms with Crippen molar-refractivity contribution in [3.8, 4) is 5.75 Å². The van der Waals surface area contributed by atoms with Gasteiger partial charge in [0.15, 0.2) is 0 Å². The summed E-state index contributed by atoms with van der Waals surface area (Å²) in [5.41, 5.74) is 4.16. The van der Waals surface area contributed by atoms with Crippen LogP contribution in [0.2, 0.25) is 0 Å². The van der Waals surface area contributed by atoms with E-state index in [1.54, 1.807) is 49.7 Å². The molecule has 1 aliphatic heterocycles. The number of aliphatic hydroxyl groups excluding tert-OH is 1. The molecule has 0 atom stereocenters. The first kappa shape index (κ1) is 24.0. The normalized spacial score (nSPS) is 14.3. The molecular weight excluding hydrogens is 480 g/mol. The van der Waals surface area contributed by atoms with Crippen molar-refractivity contribution in [3.05, 3.63) is 72.2 Å². The lowest BCUT2D eigenvalue weighted by Gasteiger charge is -2.18. The smallest absolute Gasteiger partial charge is 0.265 e. The number of aliphatic hydroxyl groups is 1. The molecule has 11 heteroatoms. The molecule has 1 aliphatic rings.